The van der Waals surface area contributed by atoms with Gasteiger partial charge in [-0.05, 0) is 36.4 Å². The summed E-state index contributed by atoms with van der Waals surface area (Å²) in [6.07, 6.45) is 0.814. The third kappa shape index (κ3) is 2.87. The fraction of sp³-hybridized carbons (Fsp3) is 0.176. The summed E-state index contributed by atoms with van der Waals surface area (Å²) in [4.78, 5) is 25.1. The number of rotatable bonds is 3. The van der Waals surface area contributed by atoms with Gasteiger partial charge in [-0.2, -0.15) is 0 Å². The number of carbonyl (C=O) groups excluding carboxylic acids is 2. The number of anilines is 2. The lowest BCUT2D eigenvalue weighted by atomic mass is 10.1. The summed E-state index contributed by atoms with van der Waals surface area (Å²) in [5.41, 5.74) is 1.76. The molecule has 1 atom stereocenters. The van der Waals surface area contributed by atoms with E-state index in [1.165, 1.54) is 7.11 Å². The van der Waals surface area contributed by atoms with Gasteiger partial charge >= 0.3 is 5.97 Å². The van der Waals surface area contributed by atoms with Crippen LogP contribution in [-0.4, -0.2) is 32.0 Å². The molecule has 0 amide bonds. The number of hydrogen-bond acceptors (Lipinski definition) is 5. The minimum Gasteiger partial charge on any atom is -0.489 e. The zero-order valence-electron chi connectivity index (χ0n) is 12.4. The van der Waals surface area contributed by atoms with E-state index in [1.54, 1.807) is 36.4 Å². The van der Waals surface area contributed by atoms with Crippen LogP contribution in [0, 0.1) is 0 Å². The number of methoxy groups -OCH3 is 1. The van der Waals surface area contributed by atoms with Crippen molar-refractivity contribution in [1.29, 1.82) is 0 Å². The highest BCUT2D eigenvalue weighted by atomic mass is 35.5. The van der Waals surface area contributed by atoms with Gasteiger partial charge in [0, 0.05) is 10.7 Å². The summed E-state index contributed by atoms with van der Waals surface area (Å²) in [5.74, 6) is 0.141. The molecule has 1 aliphatic rings. The van der Waals surface area contributed by atoms with E-state index in [9.17, 15) is 9.59 Å². The minimum atomic E-state index is -0.506. The van der Waals surface area contributed by atoms with Crippen LogP contribution in [0.25, 0.3) is 0 Å². The van der Waals surface area contributed by atoms with Gasteiger partial charge in [-0.1, -0.05) is 17.7 Å². The standard InChI is InChI=1S/C17H14ClNO4/c1-22-17(21)11-5-6-16-15(7-11)19(14(9-20)10-23-16)13-4-2-3-12(18)8-13/h2-9,14H,10H2,1H3. The number of esters is 1. The molecule has 2 aromatic rings. The number of benzene rings is 2. The number of fused-ring (bicyclic) bond motifs is 1. The molecule has 2 aromatic carbocycles. The van der Waals surface area contributed by atoms with Crippen molar-refractivity contribution in [2.45, 2.75) is 6.04 Å². The SMILES string of the molecule is COC(=O)c1ccc2c(c1)N(c1cccc(Cl)c1)C(C=O)CO2. The zero-order chi connectivity index (χ0) is 16.4. The van der Waals surface area contributed by atoms with Crippen LogP contribution in [-0.2, 0) is 9.53 Å². The largest absolute Gasteiger partial charge is 0.489 e. The van der Waals surface area contributed by atoms with Crippen molar-refractivity contribution in [1.82, 2.24) is 0 Å². The van der Waals surface area contributed by atoms with Crippen molar-refractivity contribution < 1.29 is 19.1 Å². The Morgan fingerprint density at radius 1 is 1.35 bits per heavy atom. The highest BCUT2D eigenvalue weighted by Crippen LogP contribution is 2.40. The number of aldehydes is 1. The third-order valence-corrected chi connectivity index (χ3v) is 3.86. The lowest BCUT2D eigenvalue weighted by Crippen LogP contribution is -2.41. The first-order valence-corrected chi connectivity index (χ1v) is 7.37. The fourth-order valence-corrected chi connectivity index (χ4v) is 2.74. The smallest absolute Gasteiger partial charge is 0.337 e. The van der Waals surface area contributed by atoms with Gasteiger partial charge in [0.05, 0.1) is 18.4 Å². The first-order valence-electron chi connectivity index (χ1n) is 6.99. The molecule has 0 N–H and O–H groups in total. The average molecular weight is 332 g/mol. The molecule has 0 aliphatic carbocycles. The molecule has 0 bridgehead atoms. The zero-order valence-corrected chi connectivity index (χ0v) is 13.1. The van der Waals surface area contributed by atoms with E-state index in [0.29, 0.717) is 22.0 Å². The second kappa shape index (κ2) is 6.30. The molecule has 0 aromatic heterocycles. The van der Waals surface area contributed by atoms with Crippen LogP contribution in [0.15, 0.2) is 42.5 Å². The molecule has 0 saturated heterocycles. The van der Waals surface area contributed by atoms with Crippen molar-refractivity contribution in [2.24, 2.45) is 0 Å². The molecule has 3 rings (SSSR count). The molecule has 5 nitrogen and oxygen atoms in total. The van der Waals surface area contributed by atoms with Crippen LogP contribution in [0.2, 0.25) is 5.02 Å². The van der Waals surface area contributed by atoms with Crippen molar-refractivity contribution in [3.05, 3.63) is 53.1 Å². The van der Waals surface area contributed by atoms with E-state index < -0.39 is 12.0 Å². The molecule has 1 unspecified atom stereocenters. The van der Waals surface area contributed by atoms with E-state index in [1.807, 2.05) is 11.0 Å². The van der Waals surface area contributed by atoms with E-state index in [4.69, 9.17) is 21.1 Å². The summed E-state index contributed by atoms with van der Waals surface area (Å²) in [6.45, 7) is 0.223. The van der Waals surface area contributed by atoms with Crippen LogP contribution in [0.5, 0.6) is 5.75 Å². The normalized spacial score (nSPS) is 16.3. The second-order valence-corrected chi connectivity index (χ2v) is 5.47. The van der Waals surface area contributed by atoms with Crippen molar-refractivity contribution in [2.75, 3.05) is 18.6 Å². The molecule has 0 saturated carbocycles. The van der Waals surface area contributed by atoms with Gasteiger partial charge in [-0.3, -0.25) is 0 Å². The van der Waals surface area contributed by atoms with E-state index in [2.05, 4.69) is 0 Å². The Morgan fingerprint density at radius 2 is 2.17 bits per heavy atom. The quantitative estimate of drug-likeness (QED) is 0.638. The predicted molar refractivity (Wildman–Crippen MR) is 86.7 cm³/mol. The Kier molecular flexibility index (Phi) is 4.21. The average Bonchev–Trinajstić information content (AvgIpc) is 2.59. The maximum absolute atomic E-state index is 11.8. The molecule has 23 heavy (non-hydrogen) atoms. The molecular weight excluding hydrogens is 318 g/mol. The van der Waals surface area contributed by atoms with Crippen LogP contribution < -0.4 is 9.64 Å². The Bertz CT molecular complexity index is 762. The first kappa shape index (κ1) is 15.4. The minimum absolute atomic E-state index is 0.223. The van der Waals surface area contributed by atoms with Crippen LogP contribution in [0.1, 0.15) is 10.4 Å². The van der Waals surface area contributed by atoms with E-state index in [0.717, 1.165) is 12.0 Å². The molecular formula is C17H14ClNO4. The second-order valence-electron chi connectivity index (χ2n) is 5.04. The predicted octanol–water partition coefficient (Wildman–Crippen LogP) is 3.22. The number of hydrogen-bond donors (Lipinski definition) is 0. The van der Waals surface area contributed by atoms with Crippen molar-refractivity contribution >= 4 is 35.2 Å². The highest BCUT2D eigenvalue weighted by Gasteiger charge is 2.29. The molecule has 0 spiro atoms. The number of carbonyl (C=O) groups is 2. The topological polar surface area (TPSA) is 55.8 Å². The first-order chi connectivity index (χ1) is 11.1. The van der Waals surface area contributed by atoms with E-state index >= 15 is 0 Å². The third-order valence-electron chi connectivity index (χ3n) is 3.62. The van der Waals surface area contributed by atoms with Crippen LogP contribution in [0.3, 0.4) is 0 Å². The van der Waals surface area contributed by atoms with Crippen molar-refractivity contribution in [3.8, 4) is 5.75 Å². The van der Waals surface area contributed by atoms with Crippen LogP contribution in [0.4, 0.5) is 11.4 Å². The van der Waals surface area contributed by atoms with Gasteiger partial charge in [-0.15, -0.1) is 0 Å². The summed E-state index contributed by atoms with van der Waals surface area (Å²) in [6, 6.07) is 11.6. The molecule has 118 valence electrons. The molecule has 6 heteroatoms. The van der Waals surface area contributed by atoms with Crippen LogP contribution >= 0.6 is 11.6 Å². The van der Waals surface area contributed by atoms with Gasteiger partial charge in [0.25, 0.3) is 0 Å². The monoisotopic (exact) mass is 331 g/mol. The molecule has 1 aliphatic heterocycles. The number of halogens is 1. The maximum atomic E-state index is 11.8. The number of nitrogens with zero attached hydrogens (tertiary/aromatic N) is 1. The van der Waals surface area contributed by atoms with Gasteiger partial charge in [0.2, 0.25) is 0 Å². The molecule has 1 heterocycles. The van der Waals surface area contributed by atoms with E-state index in [-0.39, 0.29) is 6.61 Å². The van der Waals surface area contributed by atoms with Gasteiger partial charge in [0.1, 0.15) is 24.7 Å². The van der Waals surface area contributed by atoms with Crippen molar-refractivity contribution in [3.63, 3.8) is 0 Å². The summed E-state index contributed by atoms with van der Waals surface area (Å²) in [5, 5.41) is 0.560. The molecule has 0 fully saturated rings. The Hall–Kier alpha value is -2.53. The Labute approximate surface area is 138 Å². The van der Waals surface area contributed by atoms with Gasteiger partial charge in [0.15, 0.2) is 0 Å². The fourth-order valence-electron chi connectivity index (χ4n) is 2.56. The maximum Gasteiger partial charge on any atom is 0.337 e. The van der Waals surface area contributed by atoms with Gasteiger partial charge in [-0.25, -0.2) is 4.79 Å². The summed E-state index contributed by atoms with van der Waals surface area (Å²) < 4.78 is 10.4. The Balaban J connectivity index is 2.14. The number of ether oxygens (including phenoxy) is 2. The lowest BCUT2D eigenvalue weighted by molar-refractivity contribution is -0.109. The Morgan fingerprint density at radius 3 is 2.87 bits per heavy atom. The highest BCUT2D eigenvalue weighted by molar-refractivity contribution is 6.30. The van der Waals surface area contributed by atoms with Gasteiger partial charge < -0.3 is 19.2 Å². The molecule has 0 radical (unpaired) electrons. The summed E-state index contributed by atoms with van der Waals surface area (Å²) >= 11 is 6.07. The summed E-state index contributed by atoms with van der Waals surface area (Å²) in [7, 11) is 1.32. The lowest BCUT2D eigenvalue weighted by Gasteiger charge is -2.36.